The molecule has 1 unspecified atom stereocenters. The summed E-state index contributed by atoms with van der Waals surface area (Å²) in [6.07, 6.45) is 3.47. The topological polar surface area (TPSA) is 68.0 Å². The third-order valence-corrected chi connectivity index (χ3v) is 2.22. The van der Waals surface area contributed by atoms with Crippen LogP contribution in [0.2, 0.25) is 0 Å². The molecule has 0 saturated carbocycles. The second-order valence-corrected chi connectivity index (χ2v) is 3.65. The number of nitrogens with one attached hydrogen (secondary N) is 1. The van der Waals surface area contributed by atoms with Gasteiger partial charge < -0.3 is 11.1 Å². The van der Waals surface area contributed by atoms with E-state index in [0.717, 1.165) is 12.8 Å². The van der Waals surface area contributed by atoms with Crippen LogP contribution >= 0.6 is 0 Å². The number of hydrogen-bond acceptors (Lipinski definition) is 3. The van der Waals surface area contributed by atoms with Crippen molar-refractivity contribution >= 4 is 17.4 Å². The lowest BCUT2D eigenvalue weighted by Crippen LogP contribution is -2.20. The van der Waals surface area contributed by atoms with Gasteiger partial charge in [0.1, 0.15) is 5.82 Å². The molecule has 1 amide bonds. The molecular formula is C11H17N3O. The number of carbonyl (C=O) groups excluding carboxylic acids is 1. The molecule has 0 aliphatic heterocycles. The predicted octanol–water partition coefficient (Wildman–Crippen LogP) is 2.04. The van der Waals surface area contributed by atoms with Crippen LogP contribution in [0.5, 0.6) is 0 Å². The maximum absolute atomic E-state index is 11.6. The molecule has 0 radical (unpaired) electrons. The molecule has 1 atom stereocenters. The number of nitrogens with zero attached hydrogens (tertiary/aromatic N) is 1. The van der Waals surface area contributed by atoms with Gasteiger partial charge in [-0.05, 0) is 18.6 Å². The van der Waals surface area contributed by atoms with Crippen LogP contribution in [0.4, 0.5) is 11.5 Å². The highest BCUT2D eigenvalue weighted by molar-refractivity contribution is 5.92. The fourth-order valence-electron chi connectivity index (χ4n) is 1.31. The normalized spacial score (nSPS) is 12.1. The van der Waals surface area contributed by atoms with Gasteiger partial charge in [-0.15, -0.1) is 0 Å². The van der Waals surface area contributed by atoms with Crippen molar-refractivity contribution in [1.82, 2.24) is 4.98 Å². The van der Waals surface area contributed by atoms with E-state index in [0.29, 0.717) is 11.5 Å². The Bertz CT molecular complexity index is 321. The van der Waals surface area contributed by atoms with Crippen LogP contribution < -0.4 is 11.1 Å². The van der Waals surface area contributed by atoms with E-state index < -0.39 is 0 Å². The van der Waals surface area contributed by atoms with E-state index in [1.807, 2.05) is 6.92 Å². The van der Waals surface area contributed by atoms with Crippen LogP contribution in [-0.2, 0) is 4.79 Å². The van der Waals surface area contributed by atoms with E-state index in [1.165, 1.54) is 0 Å². The number of pyridine rings is 1. The zero-order chi connectivity index (χ0) is 11.3. The maximum Gasteiger partial charge on any atom is 0.227 e. The number of rotatable bonds is 4. The molecule has 0 fully saturated rings. The Morgan fingerprint density at radius 3 is 2.87 bits per heavy atom. The molecule has 0 aliphatic carbocycles. The summed E-state index contributed by atoms with van der Waals surface area (Å²) < 4.78 is 0. The molecule has 4 nitrogen and oxygen atoms in total. The minimum Gasteiger partial charge on any atom is -0.384 e. The van der Waals surface area contributed by atoms with Crippen molar-refractivity contribution in [3.05, 3.63) is 18.3 Å². The third kappa shape index (κ3) is 3.58. The van der Waals surface area contributed by atoms with Crippen molar-refractivity contribution in [2.45, 2.75) is 26.7 Å². The van der Waals surface area contributed by atoms with E-state index in [1.54, 1.807) is 18.3 Å². The van der Waals surface area contributed by atoms with Gasteiger partial charge in [-0.25, -0.2) is 4.98 Å². The summed E-state index contributed by atoms with van der Waals surface area (Å²) in [4.78, 5) is 15.5. The van der Waals surface area contributed by atoms with Gasteiger partial charge in [0.2, 0.25) is 5.91 Å². The Kier molecular flexibility index (Phi) is 4.09. The van der Waals surface area contributed by atoms with E-state index in [-0.39, 0.29) is 11.8 Å². The van der Waals surface area contributed by atoms with Gasteiger partial charge in [0.15, 0.2) is 0 Å². The first kappa shape index (κ1) is 11.5. The molecule has 1 aromatic rings. The molecule has 1 aromatic heterocycles. The highest BCUT2D eigenvalue weighted by Crippen LogP contribution is 2.11. The molecule has 82 valence electrons. The number of nitrogens with two attached hydrogens (primary N) is 1. The van der Waals surface area contributed by atoms with Crippen molar-refractivity contribution in [3.63, 3.8) is 0 Å². The first-order chi connectivity index (χ1) is 7.13. The van der Waals surface area contributed by atoms with Gasteiger partial charge in [0, 0.05) is 5.92 Å². The Morgan fingerprint density at radius 1 is 1.60 bits per heavy atom. The smallest absolute Gasteiger partial charge is 0.227 e. The zero-order valence-corrected chi connectivity index (χ0v) is 9.16. The summed E-state index contributed by atoms with van der Waals surface area (Å²) in [6, 6.07) is 3.42. The Hall–Kier alpha value is -1.58. The lowest BCUT2D eigenvalue weighted by atomic mass is 10.1. The Morgan fingerprint density at radius 2 is 2.33 bits per heavy atom. The van der Waals surface area contributed by atoms with Crippen molar-refractivity contribution < 1.29 is 4.79 Å². The number of amides is 1. The number of anilines is 2. The molecule has 15 heavy (non-hydrogen) atoms. The molecule has 0 spiro atoms. The van der Waals surface area contributed by atoms with Gasteiger partial charge >= 0.3 is 0 Å². The van der Waals surface area contributed by atoms with Crippen LogP contribution in [0.15, 0.2) is 18.3 Å². The number of carbonyl (C=O) groups is 1. The average Bonchev–Trinajstić information content (AvgIpc) is 2.22. The molecule has 3 N–H and O–H groups in total. The summed E-state index contributed by atoms with van der Waals surface area (Å²) in [7, 11) is 0. The summed E-state index contributed by atoms with van der Waals surface area (Å²) in [5.41, 5.74) is 6.13. The monoisotopic (exact) mass is 207 g/mol. The Labute approximate surface area is 89.9 Å². The minimum absolute atomic E-state index is 0.0309. The van der Waals surface area contributed by atoms with E-state index >= 15 is 0 Å². The highest BCUT2D eigenvalue weighted by atomic mass is 16.1. The first-order valence-electron chi connectivity index (χ1n) is 5.16. The van der Waals surface area contributed by atoms with Crippen molar-refractivity contribution in [2.75, 3.05) is 11.1 Å². The summed E-state index contributed by atoms with van der Waals surface area (Å²) in [5.74, 6) is 0.519. The van der Waals surface area contributed by atoms with Gasteiger partial charge in [-0.2, -0.15) is 0 Å². The largest absolute Gasteiger partial charge is 0.384 e. The number of nitrogen functional groups attached to an aromatic ring is 1. The molecule has 0 aromatic carbocycles. The minimum atomic E-state index is 0.0309. The van der Waals surface area contributed by atoms with Crippen molar-refractivity contribution in [2.24, 2.45) is 5.92 Å². The molecule has 1 heterocycles. The van der Waals surface area contributed by atoms with E-state index in [4.69, 9.17) is 5.73 Å². The zero-order valence-electron chi connectivity index (χ0n) is 9.16. The lowest BCUT2D eigenvalue weighted by Gasteiger charge is -2.10. The van der Waals surface area contributed by atoms with Crippen LogP contribution in [0.25, 0.3) is 0 Å². The van der Waals surface area contributed by atoms with Crippen LogP contribution in [0.3, 0.4) is 0 Å². The molecule has 1 rings (SSSR count). The van der Waals surface area contributed by atoms with Crippen LogP contribution in [0, 0.1) is 5.92 Å². The SMILES string of the molecule is CCCC(C)C(=O)Nc1ccc(N)nc1. The molecule has 0 bridgehead atoms. The second-order valence-electron chi connectivity index (χ2n) is 3.65. The summed E-state index contributed by atoms with van der Waals surface area (Å²) in [5, 5.41) is 2.80. The molecule has 0 saturated heterocycles. The van der Waals surface area contributed by atoms with Crippen molar-refractivity contribution in [3.8, 4) is 0 Å². The second kappa shape index (κ2) is 5.34. The van der Waals surface area contributed by atoms with Gasteiger partial charge in [0.25, 0.3) is 0 Å². The van der Waals surface area contributed by atoms with E-state index in [2.05, 4.69) is 17.2 Å². The summed E-state index contributed by atoms with van der Waals surface area (Å²) >= 11 is 0. The molecular weight excluding hydrogens is 190 g/mol. The molecule has 0 aliphatic rings. The maximum atomic E-state index is 11.6. The Balaban J connectivity index is 2.54. The van der Waals surface area contributed by atoms with Gasteiger partial charge in [0.05, 0.1) is 11.9 Å². The number of aromatic nitrogens is 1. The van der Waals surface area contributed by atoms with Gasteiger partial charge in [-0.3, -0.25) is 4.79 Å². The highest BCUT2D eigenvalue weighted by Gasteiger charge is 2.11. The molecule has 4 heteroatoms. The van der Waals surface area contributed by atoms with Crippen molar-refractivity contribution in [1.29, 1.82) is 0 Å². The predicted molar refractivity (Wildman–Crippen MR) is 61.4 cm³/mol. The quantitative estimate of drug-likeness (QED) is 0.793. The van der Waals surface area contributed by atoms with E-state index in [9.17, 15) is 4.79 Å². The fraction of sp³-hybridized carbons (Fsp3) is 0.455. The first-order valence-corrected chi connectivity index (χ1v) is 5.16. The fourth-order valence-corrected chi connectivity index (χ4v) is 1.31. The number of hydrogen-bond donors (Lipinski definition) is 2. The van der Waals surface area contributed by atoms with Crippen LogP contribution in [0.1, 0.15) is 26.7 Å². The van der Waals surface area contributed by atoms with Crippen LogP contribution in [-0.4, -0.2) is 10.9 Å². The van der Waals surface area contributed by atoms with Gasteiger partial charge in [-0.1, -0.05) is 20.3 Å². The third-order valence-electron chi connectivity index (χ3n) is 2.22. The summed E-state index contributed by atoms with van der Waals surface area (Å²) in [6.45, 7) is 3.98. The standard InChI is InChI=1S/C11H17N3O/c1-3-4-8(2)11(15)14-9-5-6-10(12)13-7-9/h5-8H,3-4H2,1-2H3,(H2,12,13)(H,14,15). The average molecular weight is 207 g/mol. The lowest BCUT2D eigenvalue weighted by molar-refractivity contribution is -0.119.